The Kier molecular flexibility index (Phi) is 6.32. The van der Waals surface area contributed by atoms with Crippen molar-refractivity contribution in [3.05, 3.63) is 51.7 Å². The highest BCUT2D eigenvalue weighted by atomic mass is 35.5. The molecule has 0 fully saturated rings. The lowest BCUT2D eigenvalue weighted by atomic mass is 10.4. The summed E-state index contributed by atoms with van der Waals surface area (Å²) < 4.78 is 12.0. The minimum absolute atomic E-state index is 0.0334. The number of esters is 2. The third-order valence-corrected chi connectivity index (χ3v) is 3.71. The summed E-state index contributed by atoms with van der Waals surface area (Å²) in [7, 11) is 0. The van der Waals surface area contributed by atoms with Crippen molar-refractivity contribution >= 4 is 35.1 Å². The molecule has 0 amide bonds. The predicted octanol–water partition coefficient (Wildman–Crippen LogP) is 0.549. The van der Waals surface area contributed by atoms with Crippen LogP contribution in [0.1, 0.15) is 34.8 Å². The molecule has 14 heteroatoms. The van der Waals surface area contributed by atoms with Crippen molar-refractivity contribution in [2.24, 2.45) is 0 Å². The fraction of sp³-hybridized carbons (Fsp3) is 0.250. The van der Waals surface area contributed by atoms with Gasteiger partial charge in [0.05, 0.1) is 13.2 Å². The largest absolute Gasteiger partial charge is 0.461 e. The zero-order valence-corrected chi connectivity index (χ0v) is 16.5. The standard InChI is InChI=1S/C8H7ClN4O2.C8H8N4O3/c1-2-15-7(14)5-3-6(9)13-8(12-5)10-4-11-13;1-2-15-7(14)5-3-6(13)12-8(11-5)9-4-10-12/h3-4H,2H2,1H3;3-4H,2H2,1H3,(H,9,10,11). The maximum atomic E-state index is 11.4. The van der Waals surface area contributed by atoms with E-state index in [2.05, 4.69) is 30.1 Å². The van der Waals surface area contributed by atoms with Crippen molar-refractivity contribution in [2.45, 2.75) is 13.8 Å². The second-order valence-electron chi connectivity index (χ2n) is 5.38. The quantitative estimate of drug-likeness (QED) is 0.355. The summed E-state index contributed by atoms with van der Waals surface area (Å²) in [6, 6.07) is 2.49. The number of nitrogens with one attached hydrogen (secondary N) is 1. The summed E-state index contributed by atoms with van der Waals surface area (Å²) in [5.41, 5.74) is -0.308. The lowest BCUT2D eigenvalue weighted by Crippen LogP contribution is -2.19. The second-order valence-corrected chi connectivity index (χ2v) is 5.77. The minimum atomic E-state index is -0.625. The molecule has 0 radical (unpaired) electrons. The Morgan fingerprint density at radius 2 is 1.67 bits per heavy atom. The highest BCUT2D eigenvalue weighted by molar-refractivity contribution is 6.30. The maximum Gasteiger partial charge on any atom is 0.357 e. The maximum absolute atomic E-state index is 11.4. The highest BCUT2D eigenvalue weighted by Crippen LogP contribution is 2.11. The normalized spacial score (nSPS) is 10.5. The van der Waals surface area contributed by atoms with Crippen LogP contribution in [0.2, 0.25) is 5.15 Å². The van der Waals surface area contributed by atoms with Crippen molar-refractivity contribution in [3.63, 3.8) is 0 Å². The molecule has 4 rings (SSSR count). The lowest BCUT2D eigenvalue weighted by Gasteiger charge is -2.01. The molecule has 0 aliphatic rings. The Morgan fingerprint density at radius 3 is 2.33 bits per heavy atom. The zero-order valence-electron chi connectivity index (χ0n) is 15.8. The predicted molar refractivity (Wildman–Crippen MR) is 101 cm³/mol. The molecule has 0 saturated carbocycles. The van der Waals surface area contributed by atoms with Gasteiger partial charge in [0.25, 0.3) is 17.1 Å². The van der Waals surface area contributed by atoms with Gasteiger partial charge in [-0.2, -0.15) is 19.1 Å². The van der Waals surface area contributed by atoms with Crippen LogP contribution in [0.3, 0.4) is 0 Å². The van der Waals surface area contributed by atoms with E-state index >= 15 is 0 Å². The molecule has 4 aromatic heterocycles. The molecule has 30 heavy (non-hydrogen) atoms. The van der Waals surface area contributed by atoms with E-state index in [0.29, 0.717) is 0 Å². The van der Waals surface area contributed by atoms with Crippen molar-refractivity contribution in [1.29, 1.82) is 0 Å². The van der Waals surface area contributed by atoms with Crippen LogP contribution in [0.15, 0.2) is 29.6 Å². The molecule has 0 bridgehead atoms. The van der Waals surface area contributed by atoms with Gasteiger partial charge in [-0.15, -0.1) is 0 Å². The average molecular weight is 435 g/mol. The van der Waals surface area contributed by atoms with Crippen LogP contribution in [-0.2, 0) is 9.47 Å². The molecule has 4 heterocycles. The van der Waals surface area contributed by atoms with Gasteiger partial charge in [-0.3, -0.25) is 9.89 Å². The van der Waals surface area contributed by atoms with Crippen molar-refractivity contribution in [2.75, 3.05) is 13.2 Å². The summed E-state index contributed by atoms with van der Waals surface area (Å²) in [6.45, 7) is 3.92. The number of rotatable bonds is 4. The van der Waals surface area contributed by atoms with Crippen LogP contribution in [0.5, 0.6) is 0 Å². The van der Waals surface area contributed by atoms with E-state index in [1.165, 1.54) is 23.2 Å². The SMILES string of the molecule is CCOC(=O)c1cc(=O)n2[nH]cnc2n1.CCOC(=O)c1cc(Cl)n2ncnc2n1. The third-order valence-electron chi connectivity index (χ3n) is 3.45. The summed E-state index contributed by atoms with van der Waals surface area (Å²) in [5.74, 6) is -0.735. The molecule has 0 aliphatic carbocycles. The van der Waals surface area contributed by atoms with E-state index in [1.54, 1.807) is 13.8 Å². The topological polar surface area (TPSA) is 159 Å². The number of halogens is 1. The number of ether oxygens (including phenoxy) is 2. The number of aromatic amines is 1. The van der Waals surface area contributed by atoms with E-state index in [4.69, 9.17) is 21.1 Å². The smallest absolute Gasteiger partial charge is 0.357 e. The molecule has 156 valence electrons. The number of aromatic nitrogens is 8. The molecule has 13 nitrogen and oxygen atoms in total. The van der Waals surface area contributed by atoms with Crippen LogP contribution in [0.4, 0.5) is 0 Å². The first-order chi connectivity index (χ1) is 14.4. The molecule has 0 spiro atoms. The van der Waals surface area contributed by atoms with Gasteiger partial charge in [0.15, 0.2) is 11.4 Å². The Morgan fingerprint density at radius 1 is 1.03 bits per heavy atom. The van der Waals surface area contributed by atoms with Crippen LogP contribution in [0, 0.1) is 0 Å². The first-order valence-electron chi connectivity index (χ1n) is 8.58. The fourth-order valence-corrected chi connectivity index (χ4v) is 2.44. The Labute approximate surface area is 172 Å². The van der Waals surface area contributed by atoms with Gasteiger partial charge in [-0.25, -0.2) is 24.5 Å². The third kappa shape index (κ3) is 4.41. The summed E-state index contributed by atoms with van der Waals surface area (Å²) in [6.07, 6.45) is 2.63. The Hall–Kier alpha value is -3.87. The van der Waals surface area contributed by atoms with Gasteiger partial charge in [0, 0.05) is 12.1 Å². The Bertz CT molecular complexity index is 1260. The first-order valence-corrected chi connectivity index (χ1v) is 8.96. The molecule has 1 N–H and O–H groups in total. The van der Waals surface area contributed by atoms with Crippen molar-refractivity contribution in [1.82, 2.24) is 39.2 Å². The van der Waals surface area contributed by atoms with Crippen molar-refractivity contribution in [3.8, 4) is 0 Å². The van der Waals surface area contributed by atoms with Gasteiger partial charge in [0.1, 0.15) is 17.8 Å². The second kappa shape index (κ2) is 9.09. The monoisotopic (exact) mass is 434 g/mol. The molecule has 4 aromatic rings. The van der Waals surface area contributed by atoms with E-state index in [0.717, 1.165) is 10.6 Å². The Balaban J connectivity index is 0.000000171. The van der Waals surface area contributed by atoms with Gasteiger partial charge in [-0.05, 0) is 13.8 Å². The summed E-state index contributed by atoms with van der Waals surface area (Å²) in [4.78, 5) is 49.5. The van der Waals surface area contributed by atoms with E-state index in [9.17, 15) is 14.4 Å². The molecule has 0 aromatic carbocycles. The van der Waals surface area contributed by atoms with E-state index in [-0.39, 0.29) is 41.3 Å². The lowest BCUT2D eigenvalue weighted by molar-refractivity contribution is 0.0510. The average Bonchev–Trinajstić information content (AvgIpc) is 3.38. The first kappa shape index (κ1) is 20.9. The van der Waals surface area contributed by atoms with Crippen molar-refractivity contribution < 1.29 is 19.1 Å². The molecular formula is C16H15ClN8O5. The zero-order chi connectivity index (χ0) is 21.7. The highest BCUT2D eigenvalue weighted by Gasteiger charge is 2.13. The molecule has 0 atom stereocenters. The van der Waals surface area contributed by atoms with Crippen LogP contribution >= 0.6 is 11.6 Å². The molecule has 0 unspecified atom stereocenters. The number of hydrogen-bond acceptors (Lipinski definition) is 10. The van der Waals surface area contributed by atoms with Gasteiger partial charge in [0.2, 0.25) is 0 Å². The number of nitrogens with zero attached hydrogens (tertiary/aromatic N) is 7. The number of hydrogen-bond donors (Lipinski definition) is 1. The summed E-state index contributed by atoms with van der Waals surface area (Å²) >= 11 is 5.86. The van der Waals surface area contributed by atoms with Crippen LogP contribution in [-0.4, -0.2) is 64.3 Å². The molecule has 0 saturated heterocycles. The van der Waals surface area contributed by atoms with E-state index in [1.807, 2.05) is 0 Å². The van der Waals surface area contributed by atoms with Crippen LogP contribution < -0.4 is 5.56 Å². The molecular weight excluding hydrogens is 420 g/mol. The number of fused-ring (bicyclic) bond motifs is 2. The van der Waals surface area contributed by atoms with Gasteiger partial charge >= 0.3 is 11.9 Å². The van der Waals surface area contributed by atoms with Gasteiger partial charge in [-0.1, -0.05) is 11.6 Å². The van der Waals surface area contributed by atoms with Crippen LogP contribution in [0.25, 0.3) is 11.6 Å². The number of H-pyrrole nitrogens is 1. The minimum Gasteiger partial charge on any atom is -0.461 e. The van der Waals surface area contributed by atoms with E-state index < -0.39 is 17.5 Å². The fourth-order valence-electron chi connectivity index (χ4n) is 2.22. The van der Waals surface area contributed by atoms with Gasteiger partial charge < -0.3 is 9.47 Å². The molecule has 0 aliphatic heterocycles. The number of carbonyl (C=O) groups is 2. The number of carbonyl (C=O) groups excluding carboxylic acids is 2. The summed E-state index contributed by atoms with van der Waals surface area (Å²) in [5, 5.41) is 6.65.